The van der Waals surface area contributed by atoms with Crippen LogP contribution >= 0.6 is 11.6 Å². The highest BCUT2D eigenvalue weighted by molar-refractivity contribution is 7.89. The number of nitrogens with zero attached hydrogens (tertiary/aromatic N) is 3. The summed E-state index contributed by atoms with van der Waals surface area (Å²) in [6, 6.07) is 7.51. The monoisotopic (exact) mass is 463 g/mol. The Labute approximate surface area is 176 Å². The summed E-state index contributed by atoms with van der Waals surface area (Å²) < 4.78 is 67.1. The molecule has 7 nitrogen and oxygen atoms in total. The second-order valence-electron chi connectivity index (χ2n) is 6.34. The summed E-state index contributed by atoms with van der Waals surface area (Å²) in [6.07, 6.45) is -2.52. The molecule has 0 bridgehead atoms. The number of hydrogen-bond donors (Lipinski definition) is 0. The van der Waals surface area contributed by atoms with Crippen molar-refractivity contribution in [2.45, 2.75) is 30.7 Å². The minimum absolute atomic E-state index is 0.108. The van der Waals surface area contributed by atoms with Crippen LogP contribution in [0.25, 0.3) is 0 Å². The van der Waals surface area contributed by atoms with Crippen molar-refractivity contribution in [2.24, 2.45) is 5.16 Å². The first-order valence-corrected chi connectivity index (χ1v) is 10.6. The smallest absolute Gasteiger partial charge is 0.406 e. The number of oxime groups is 1. The third-order valence-corrected chi connectivity index (χ3v) is 6.33. The number of halogens is 4. The van der Waals surface area contributed by atoms with Gasteiger partial charge in [-0.3, -0.25) is 0 Å². The van der Waals surface area contributed by atoms with Crippen molar-refractivity contribution < 1.29 is 31.2 Å². The van der Waals surface area contributed by atoms with Gasteiger partial charge in [0.15, 0.2) is 0 Å². The number of pyridine rings is 1. The lowest BCUT2D eigenvalue weighted by Crippen LogP contribution is -2.38. The Balaban J connectivity index is 1.55. The van der Waals surface area contributed by atoms with E-state index in [4.69, 9.17) is 16.4 Å². The summed E-state index contributed by atoms with van der Waals surface area (Å²) in [7, 11) is -3.84. The van der Waals surface area contributed by atoms with Crippen molar-refractivity contribution in [3.05, 3.63) is 53.3 Å². The van der Waals surface area contributed by atoms with Gasteiger partial charge in [0.05, 0.1) is 10.6 Å². The molecule has 3 rings (SSSR count). The first-order chi connectivity index (χ1) is 14.1. The van der Waals surface area contributed by atoms with Crippen LogP contribution < -0.4 is 4.74 Å². The summed E-state index contributed by atoms with van der Waals surface area (Å²) in [5.74, 6) is -0.484. The maximum Gasteiger partial charge on any atom is 0.573 e. The Morgan fingerprint density at radius 1 is 1.13 bits per heavy atom. The van der Waals surface area contributed by atoms with Gasteiger partial charge >= 0.3 is 6.36 Å². The largest absolute Gasteiger partial charge is 0.573 e. The SMILES string of the molecule is O=S(=O)(c1ccc(OC(F)(F)F)cc1)N1CCC(=NOCc2ccnc(Cl)c2)CC1. The fourth-order valence-corrected chi connectivity index (χ4v) is 4.41. The van der Waals surface area contributed by atoms with Crippen LogP contribution in [0.3, 0.4) is 0 Å². The topological polar surface area (TPSA) is 81.1 Å². The van der Waals surface area contributed by atoms with Gasteiger partial charge < -0.3 is 9.57 Å². The molecular formula is C18H17ClF3N3O4S. The minimum Gasteiger partial charge on any atom is -0.406 e. The third-order valence-electron chi connectivity index (χ3n) is 4.21. The lowest BCUT2D eigenvalue weighted by molar-refractivity contribution is -0.274. The first-order valence-electron chi connectivity index (χ1n) is 8.77. The van der Waals surface area contributed by atoms with Crippen LogP contribution in [0.15, 0.2) is 52.6 Å². The van der Waals surface area contributed by atoms with Gasteiger partial charge in [-0.05, 0) is 42.0 Å². The van der Waals surface area contributed by atoms with Gasteiger partial charge in [-0.1, -0.05) is 16.8 Å². The van der Waals surface area contributed by atoms with Gasteiger partial charge in [-0.15, -0.1) is 13.2 Å². The van der Waals surface area contributed by atoms with E-state index >= 15 is 0 Å². The molecule has 162 valence electrons. The van der Waals surface area contributed by atoms with E-state index in [1.807, 2.05) is 0 Å². The predicted octanol–water partition coefficient (Wildman–Crippen LogP) is 3.99. The lowest BCUT2D eigenvalue weighted by Gasteiger charge is -2.26. The molecule has 1 fully saturated rings. The summed E-state index contributed by atoms with van der Waals surface area (Å²) in [4.78, 5) is 9.06. The Morgan fingerprint density at radius 2 is 1.80 bits per heavy atom. The number of rotatable bonds is 6. The molecule has 0 radical (unpaired) electrons. The second-order valence-corrected chi connectivity index (χ2v) is 8.67. The zero-order valence-corrected chi connectivity index (χ0v) is 17.0. The number of piperidine rings is 1. The molecule has 0 atom stereocenters. The number of ether oxygens (including phenoxy) is 1. The average molecular weight is 464 g/mol. The summed E-state index contributed by atoms with van der Waals surface area (Å²) in [6.45, 7) is 0.582. The Morgan fingerprint density at radius 3 is 2.40 bits per heavy atom. The molecule has 0 spiro atoms. The zero-order chi connectivity index (χ0) is 21.8. The van der Waals surface area contributed by atoms with Crippen LogP contribution in [0.2, 0.25) is 5.15 Å². The molecule has 1 aliphatic rings. The Bertz CT molecular complexity index is 1000. The molecule has 2 heterocycles. The van der Waals surface area contributed by atoms with Crippen molar-refractivity contribution in [3.63, 3.8) is 0 Å². The zero-order valence-electron chi connectivity index (χ0n) is 15.5. The van der Waals surface area contributed by atoms with Crippen molar-refractivity contribution in [3.8, 4) is 5.75 Å². The van der Waals surface area contributed by atoms with E-state index < -0.39 is 22.1 Å². The molecule has 2 aromatic rings. The van der Waals surface area contributed by atoms with Crippen LogP contribution in [-0.2, 0) is 21.5 Å². The predicted molar refractivity (Wildman–Crippen MR) is 103 cm³/mol. The molecule has 0 saturated carbocycles. The summed E-state index contributed by atoms with van der Waals surface area (Å²) in [5.41, 5.74) is 1.52. The minimum atomic E-state index is -4.84. The molecule has 1 aromatic heterocycles. The van der Waals surface area contributed by atoms with Gasteiger partial charge in [0.1, 0.15) is 17.5 Å². The van der Waals surface area contributed by atoms with Gasteiger partial charge in [-0.25, -0.2) is 13.4 Å². The number of sulfonamides is 1. The number of hydrogen-bond acceptors (Lipinski definition) is 6. The van der Waals surface area contributed by atoms with E-state index in [9.17, 15) is 21.6 Å². The molecule has 0 N–H and O–H groups in total. The highest BCUT2D eigenvalue weighted by Crippen LogP contribution is 2.26. The van der Waals surface area contributed by atoms with Gasteiger partial charge in [0, 0.05) is 32.1 Å². The first kappa shape index (κ1) is 22.3. The molecular weight excluding hydrogens is 447 g/mol. The van der Waals surface area contributed by atoms with Gasteiger partial charge in [0.2, 0.25) is 10.0 Å². The number of benzene rings is 1. The van der Waals surface area contributed by atoms with E-state index in [0.29, 0.717) is 18.0 Å². The summed E-state index contributed by atoms with van der Waals surface area (Å²) in [5, 5.41) is 4.40. The molecule has 30 heavy (non-hydrogen) atoms. The van der Waals surface area contributed by atoms with Crippen molar-refractivity contribution in [1.29, 1.82) is 0 Å². The molecule has 1 aliphatic heterocycles. The fourth-order valence-electron chi connectivity index (χ4n) is 2.77. The lowest BCUT2D eigenvalue weighted by atomic mass is 10.1. The second kappa shape index (κ2) is 9.19. The molecule has 1 saturated heterocycles. The van der Waals surface area contributed by atoms with Crippen LogP contribution in [-0.4, -0.2) is 42.9 Å². The van der Waals surface area contributed by atoms with E-state index in [0.717, 1.165) is 35.5 Å². The molecule has 0 unspecified atom stereocenters. The normalized spacial score (nSPS) is 15.7. The van der Waals surface area contributed by atoms with Crippen molar-refractivity contribution >= 4 is 27.3 Å². The van der Waals surface area contributed by atoms with Crippen LogP contribution in [0.1, 0.15) is 18.4 Å². The van der Waals surface area contributed by atoms with E-state index in [1.165, 1.54) is 4.31 Å². The molecule has 0 aliphatic carbocycles. The van der Waals surface area contributed by atoms with Crippen LogP contribution in [0.5, 0.6) is 5.75 Å². The molecule has 1 aromatic carbocycles. The highest BCUT2D eigenvalue weighted by Gasteiger charge is 2.32. The van der Waals surface area contributed by atoms with Crippen LogP contribution in [0.4, 0.5) is 13.2 Å². The Kier molecular flexibility index (Phi) is 6.84. The summed E-state index contributed by atoms with van der Waals surface area (Å²) >= 11 is 5.80. The standard InChI is InChI=1S/C18H17ClF3N3O4S/c19-17-11-13(5-8-23-17)12-28-24-14-6-9-25(10-7-14)30(26,27)16-3-1-15(2-4-16)29-18(20,21)22/h1-5,8,11H,6-7,9-10,12H2. The number of aromatic nitrogens is 1. The highest BCUT2D eigenvalue weighted by atomic mass is 35.5. The van der Waals surface area contributed by atoms with Gasteiger partial charge in [0.25, 0.3) is 0 Å². The van der Waals surface area contributed by atoms with Crippen LogP contribution in [0, 0.1) is 0 Å². The molecule has 0 amide bonds. The quantitative estimate of drug-likeness (QED) is 0.478. The fraction of sp³-hybridized carbons (Fsp3) is 0.333. The molecule has 12 heteroatoms. The van der Waals surface area contributed by atoms with Crippen molar-refractivity contribution in [1.82, 2.24) is 9.29 Å². The van der Waals surface area contributed by atoms with E-state index in [-0.39, 0.29) is 24.6 Å². The maximum absolute atomic E-state index is 12.7. The maximum atomic E-state index is 12.7. The van der Waals surface area contributed by atoms with E-state index in [1.54, 1.807) is 18.3 Å². The average Bonchev–Trinajstić information content (AvgIpc) is 2.68. The number of alkyl halides is 3. The Hall–Kier alpha value is -2.37. The third kappa shape index (κ3) is 6.07. The van der Waals surface area contributed by atoms with E-state index in [2.05, 4.69) is 14.9 Å². The van der Waals surface area contributed by atoms with Gasteiger partial charge in [-0.2, -0.15) is 4.31 Å². The van der Waals surface area contributed by atoms with Crippen molar-refractivity contribution in [2.75, 3.05) is 13.1 Å².